The smallest absolute Gasteiger partial charge is 0.259 e. The van der Waals surface area contributed by atoms with Gasteiger partial charge in [0.05, 0.1) is 5.52 Å². The molecule has 0 aliphatic carbocycles. The maximum absolute atomic E-state index is 13.6. The van der Waals surface area contributed by atoms with Crippen LogP contribution in [0.25, 0.3) is 10.9 Å². The molecule has 23 heavy (non-hydrogen) atoms. The number of carbonyl (C=O) groups excluding carboxylic acids is 1. The van der Waals surface area contributed by atoms with Crippen LogP contribution >= 0.6 is 11.8 Å². The molecule has 6 heteroatoms. The van der Waals surface area contributed by atoms with Gasteiger partial charge in [-0.25, -0.2) is 4.39 Å². The second-order valence-corrected chi connectivity index (χ2v) is 7.48. The molecular formula is C17H19FN2O2S. The second kappa shape index (κ2) is 6.00. The molecule has 122 valence electrons. The van der Waals surface area contributed by atoms with Gasteiger partial charge in [-0.1, -0.05) is 6.92 Å². The topological polar surface area (TPSA) is 53.2 Å². The summed E-state index contributed by atoms with van der Waals surface area (Å²) < 4.78 is 13.6. The molecule has 1 fully saturated rings. The lowest BCUT2D eigenvalue weighted by Gasteiger charge is -2.37. The maximum Gasteiger partial charge on any atom is 0.259 e. The number of H-pyrrole nitrogens is 1. The van der Waals surface area contributed by atoms with Crippen LogP contribution in [0.4, 0.5) is 4.39 Å². The molecule has 0 radical (unpaired) electrons. The summed E-state index contributed by atoms with van der Waals surface area (Å²) in [5.41, 5.74) is 0.883. The van der Waals surface area contributed by atoms with E-state index >= 15 is 0 Å². The van der Waals surface area contributed by atoms with Crippen molar-refractivity contribution in [2.75, 3.05) is 12.3 Å². The van der Waals surface area contributed by atoms with E-state index in [0.29, 0.717) is 22.9 Å². The highest BCUT2D eigenvalue weighted by molar-refractivity contribution is 8.00. The number of aromatic amines is 1. The van der Waals surface area contributed by atoms with Crippen molar-refractivity contribution in [2.45, 2.75) is 32.1 Å². The molecule has 0 spiro atoms. The summed E-state index contributed by atoms with van der Waals surface area (Å²) in [6.07, 6.45) is 1.46. The van der Waals surface area contributed by atoms with Gasteiger partial charge in [0.2, 0.25) is 5.43 Å². The number of halogens is 1. The number of benzene rings is 1. The third kappa shape index (κ3) is 2.76. The molecule has 1 aromatic carbocycles. The van der Waals surface area contributed by atoms with E-state index < -0.39 is 11.2 Å². The van der Waals surface area contributed by atoms with Gasteiger partial charge in [0.25, 0.3) is 5.91 Å². The van der Waals surface area contributed by atoms with Gasteiger partial charge < -0.3 is 9.88 Å². The van der Waals surface area contributed by atoms with Gasteiger partial charge in [-0.2, -0.15) is 11.8 Å². The highest BCUT2D eigenvalue weighted by Crippen LogP contribution is 2.25. The summed E-state index contributed by atoms with van der Waals surface area (Å²) in [6, 6.07) is 2.62. The van der Waals surface area contributed by atoms with Crippen molar-refractivity contribution in [3.05, 3.63) is 45.5 Å². The number of aromatic nitrogens is 1. The number of nitrogens with zero attached hydrogens (tertiary/aromatic N) is 1. The monoisotopic (exact) mass is 334 g/mol. The van der Waals surface area contributed by atoms with E-state index in [1.807, 2.05) is 18.7 Å². The fourth-order valence-electron chi connectivity index (χ4n) is 3.00. The molecule has 1 amide bonds. The van der Waals surface area contributed by atoms with E-state index in [-0.39, 0.29) is 22.9 Å². The van der Waals surface area contributed by atoms with Crippen molar-refractivity contribution in [1.82, 2.24) is 9.88 Å². The Balaban J connectivity index is 2.08. The Morgan fingerprint density at radius 1 is 1.39 bits per heavy atom. The van der Waals surface area contributed by atoms with Crippen molar-refractivity contribution < 1.29 is 9.18 Å². The molecule has 1 aromatic heterocycles. The Hall–Kier alpha value is -1.82. The highest BCUT2D eigenvalue weighted by atomic mass is 32.2. The normalized spacial score (nSPS) is 21.7. The zero-order chi connectivity index (χ0) is 16.7. The quantitative estimate of drug-likeness (QED) is 0.872. The van der Waals surface area contributed by atoms with E-state index in [2.05, 4.69) is 11.9 Å². The average Bonchev–Trinajstić information content (AvgIpc) is 2.50. The Morgan fingerprint density at radius 2 is 2.13 bits per heavy atom. The molecule has 2 atom stereocenters. The summed E-state index contributed by atoms with van der Waals surface area (Å²) >= 11 is 1.82. The number of pyridine rings is 1. The van der Waals surface area contributed by atoms with Crippen LogP contribution in [0.15, 0.2) is 23.1 Å². The van der Waals surface area contributed by atoms with E-state index in [1.54, 1.807) is 11.8 Å². The van der Waals surface area contributed by atoms with Crippen LogP contribution in [0, 0.1) is 12.7 Å². The van der Waals surface area contributed by atoms with Gasteiger partial charge in [0.15, 0.2) is 0 Å². The lowest BCUT2D eigenvalue weighted by molar-refractivity contribution is 0.0696. The fraction of sp³-hybridized carbons (Fsp3) is 0.412. The number of nitrogens with one attached hydrogen (secondary N) is 1. The molecule has 3 rings (SSSR count). The van der Waals surface area contributed by atoms with Crippen molar-refractivity contribution in [3.8, 4) is 0 Å². The van der Waals surface area contributed by atoms with E-state index in [0.717, 1.165) is 5.75 Å². The molecule has 0 saturated carbocycles. The number of rotatable bonds is 1. The predicted molar refractivity (Wildman–Crippen MR) is 91.7 cm³/mol. The summed E-state index contributed by atoms with van der Waals surface area (Å²) in [5, 5.41) is 0.548. The molecule has 2 aromatic rings. The van der Waals surface area contributed by atoms with Crippen LogP contribution in [0.2, 0.25) is 0 Å². The lowest BCUT2D eigenvalue weighted by atomic mass is 10.1. The Bertz CT molecular complexity index is 833. The van der Waals surface area contributed by atoms with Crippen LogP contribution in [0.1, 0.15) is 29.8 Å². The number of aryl methyl sites for hydroxylation is 1. The van der Waals surface area contributed by atoms with Crippen molar-refractivity contribution in [3.63, 3.8) is 0 Å². The summed E-state index contributed by atoms with van der Waals surface area (Å²) in [4.78, 5) is 30.2. The molecule has 0 bridgehead atoms. The largest absolute Gasteiger partial charge is 0.360 e. The summed E-state index contributed by atoms with van der Waals surface area (Å²) in [6.45, 7) is 6.43. The van der Waals surface area contributed by atoms with Crippen LogP contribution in [0.5, 0.6) is 0 Å². The first kappa shape index (κ1) is 16.1. The van der Waals surface area contributed by atoms with Crippen molar-refractivity contribution in [2.24, 2.45) is 0 Å². The lowest BCUT2D eigenvalue weighted by Crippen LogP contribution is -2.49. The van der Waals surface area contributed by atoms with Crippen molar-refractivity contribution in [1.29, 1.82) is 0 Å². The zero-order valence-electron chi connectivity index (χ0n) is 13.4. The SMILES string of the molecule is Cc1cc(F)cc2c(=O)c(C(=O)N3CCS[C@H](C)[C@H]3C)c[nH]c12. The Labute approximate surface area is 138 Å². The minimum atomic E-state index is -0.471. The summed E-state index contributed by atoms with van der Waals surface area (Å²) in [7, 11) is 0. The molecule has 1 aliphatic rings. The van der Waals surface area contributed by atoms with Gasteiger partial charge >= 0.3 is 0 Å². The first-order chi connectivity index (χ1) is 10.9. The Kier molecular flexibility index (Phi) is 4.19. The third-order valence-corrected chi connectivity index (χ3v) is 5.86. The maximum atomic E-state index is 13.6. The van der Waals surface area contributed by atoms with Gasteiger partial charge in [-0.3, -0.25) is 9.59 Å². The van der Waals surface area contributed by atoms with E-state index in [1.165, 1.54) is 18.3 Å². The average molecular weight is 334 g/mol. The van der Waals surface area contributed by atoms with Crippen LogP contribution in [-0.2, 0) is 0 Å². The fourth-order valence-corrected chi connectivity index (χ4v) is 4.10. The van der Waals surface area contributed by atoms with Gasteiger partial charge in [0, 0.05) is 35.2 Å². The molecule has 1 saturated heterocycles. The summed E-state index contributed by atoms with van der Waals surface area (Å²) in [5.74, 6) is 0.104. The first-order valence-electron chi connectivity index (χ1n) is 7.64. The van der Waals surface area contributed by atoms with E-state index in [9.17, 15) is 14.0 Å². The van der Waals surface area contributed by atoms with Gasteiger partial charge in [-0.05, 0) is 31.5 Å². The van der Waals surface area contributed by atoms with Crippen molar-refractivity contribution >= 4 is 28.6 Å². The molecule has 1 aliphatic heterocycles. The predicted octanol–water partition coefficient (Wildman–Crippen LogP) is 2.94. The first-order valence-corrected chi connectivity index (χ1v) is 8.69. The molecule has 2 heterocycles. The number of thioether (sulfide) groups is 1. The number of hydrogen-bond acceptors (Lipinski definition) is 3. The zero-order valence-corrected chi connectivity index (χ0v) is 14.2. The van der Waals surface area contributed by atoms with E-state index in [4.69, 9.17) is 0 Å². The van der Waals surface area contributed by atoms with Crippen LogP contribution in [0.3, 0.4) is 0 Å². The molecule has 1 N–H and O–H groups in total. The third-order valence-electron chi connectivity index (χ3n) is 4.53. The molecular weight excluding hydrogens is 315 g/mol. The Morgan fingerprint density at radius 3 is 2.87 bits per heavy atom. The van der Waals surface area contributed by atoms with Gasteiger partial charge in [0.1, 0.15) is 11.4 Å². The van der Waals surface area contributed by atoms with Gasteiger partial charge in [-0.15, -0.1) is 0 Å². The number of hydrogen-bond donors (Lipinski definition) is 1. The highest BCUT2D eigenvalue weighted by Gasteiger charge is 2.30. The minimum absolute atomic E-state index is 0.0607. The number of carbonyl (C=O) groups is 1. The molecule has 0 unspecified atom stereocenters. The number of fused-ring (bicyclic) bond motifs is 1. The van der Waals surface area contributed by atoms with Crippen LogP contribution in [-0.4, -0.2) is 39.4 Å². The molecule has 4 nitrogen and oxygen atoms in total. The number of amides is 1. The standard InChI is InChI=1S/C17H19FN2O2S/c1-9-6-12(18)7-13-15(9)19-8-14(16(13)21)17(22)20-4-5-23-11(3)10(20)2/h6-8,10-11H,4-5H2,1-3H3,(H,19,21)/t10-,11-/m1/s1. The van der Waals surface area contributed by atoms with Crippen LogP contribution < -0.4 is 5.43 Å². The second-order valence-electron chi connectivity index (χ2n) is 5.99. The minimum Gasteiger partial charge on any atom is -0.360 e.